The van der Waals surface area contributed by atoms with E-state index in [0.29, 0.717) is 44.3 Å². The summed E-state index contributed by atoms with van der Waals surface area (Å²) >= 11 is 6.34. The Hall–Kier alpha value is -3.10. The number of alkyl halides is 6. The Labute approximate surface area is 241 Å². The van der Waals surface area contributed by atoms with Crippen LogP contribution in [0.25, 0.3) is 5.69 Å². The Morgan fingerprint density at radius 2 is 1.76 bits per heavy atom. The van der Waals surface area contributed by atoms with E-state index in [2.05, 4.69) is 29.4 Å². The molecule has 2 saturated heterocycles. The molecule has 1 aliphatic carbocycles. The van der Waals surface area contributed by atoms with Crippen LogP contribution in [0.2, 0.25) is 5.02 Å². The number of hydrogen-bond donors (Lipinski definition) is 0. The molecule has 3 aliphatic heterocycles. The Morgan fingerprint density at radius 1 is 1.00 bits per heavy atom. The van der Waals surface area contributed by atoms with Crippen molar-refractivity contribution in [2.45, 2.75) is 50.4 Å². The van der Waals surface area contributed by atoms with Crippen molar-refractivity contribution in [3.63, 3.8) is 0 Å². The Kier molecular flexibility index (Phi) is 6.41. The Bertz CT molecular complexity index is 1490. The van der Waals surface area contributed by atoms with Crippen LogP contribution in [0.1, 0.15) is 36.0 Å². The average molecular weight is 614 g/mol. The summed E-state index contributed by atoms with van der Waals surface area (Å²) in [6.07, 6.45) is -5.99. The highest BCUT2D eigenvalue weighted by atomic mass is 35.5. The zero-order valence-corrected chi connectivity index (χ0v) is 22.9. The minimum Gasteiger partial charge on any atom is -0.402 e. The maximum absolute atomic E-state index is 12.9. The molecular formula is C27H26ClF6N7O. The fourth-order valence-electron chi connectivity index (χ4n) is 6.89. The van der Waals surface area contributed by atoms with Gasteiger partial charge in [0, 0.05) is 61.3 Å². The van der Waals surface area contributed by atoms with Crippen LogP contribution in [0.4, 0.5) is 32.2 Å². The number of hydrogen-bond acceptors (Lipinski definition) is 7. The van der Waals surface area contributed by atoms with Crippen LogP contribution in [0.5, 0.6) is 5.75 Å². The van der Waals surface area contributed by atoms with Gasteiger partial charge in [-0.15, -0.1) is 23.4 Å². The number of aromatic nitrogens is 4. The van der Waals surface area contributed by atoms with Crippen molar-refractivity contribution in [2.75, 3.05) is 37.6 Å². The normalized spacial score (nSPS) is 21.3. The predicted octanol–water partition coefficient (Wildman–Crippen LogP) is 5.16. The summed E-state index contributed by atoms with van der Waals surface area (Å²) in [6, 6.07) is 8.24. The van der Waals surface area contributed by atoms with Crippen LogP contribution in [0, 0.1) is 5.41 Å². The number of pyridine rings is 1. The van der Waals surface area contributed by atoms with E-state index >= 15 is 0 Å². The van der Waals surface area contributed by atoms with Crippen LogP contribution in [-0.4, -0.2) is 80.9 Å². The molecule has 7 rings (SSSR count). The highest BCUT2D eigenvalue weighted by Crippen LogP contribution is 2.57. The molecule has 5 heterocycles. The van der Waals surface area contributed by atoms with Crippen molar-refractivity contribution in [3.05, 3.63) is 58.8 Å². The number of likely N-dealkylation sites (tertiary alicyclic amines) is 1. The van der Waals surface area contributed by atoms with Gasteiger partial charge in [0.2, 0.25) is 0 Å². The summed E-state index contributed by atoms with van der Waals surface area (Å²) in [6.45, 7) is 1.82. The molecule has 15 heteroatoms. The summed E-state index contributed by atoms with van der Waals surface area (Å²) in [5.41, 5.74) is 1.80. The van der Waals surface area contributed by atoms with E-state index in [9.17, 15) is 26.3 Å². The second kappa shape index (κ2) is 9.71. The van der Waals surface area contributed by atoms with Crippen molar-refractivity contribution < 1.29 is 31.1 Å². The van der Waals surface area contributed by atoms with Crippen LogP contribution < -0.4 is 9.64 Å². The second-order valence-corrected chi connectivity index (χ2v) is 12.2. The van der Waals surface area contributed by atoms with Crippen molar-refractivity contribution in [1.82, 2.24) is 29.5 Å². The first-order chi connectivity index (χ1) is 19.8. The van der Waals surface area contributed by atoms with Gasteiger partial charge >= 0.3 is 12.5 Å². The Balaban J connectivity index is 1.07. The van der Waals surface area contributed by atoms with Crippen LogP contribution in [0.15, 0.2) is 36.5 Å². The third-order valence-corrected chi connectivity index (χ3v) is 8.90. The molecule has 42 heavy (non-hydrogen) atoms. The monoisotopic (exact) mass is 613 g/mol. The lowest BCUT2D eigenvalue weighted by Gasteiger charge is -2.59. The first-order valence-electron chi connectivity index (χ1n) is 13.6. The highest BCUT2D eigenvalue weighted by molar-refractivity contribution is 6.30. The van der Waals surface area contributed by atoms with Crippen LogP contribution in [0.3, 0.4) is 0 Å². The van der Waals surface area contributed by atoms with Gasteiger partial charge < -0.3 is 9.64 Å². The number of anilines is 1. The summed E-state index contributed by atoms with van der Waals surface area (Å²) in [4.78, 5) is 9.47. The lowest BCUT2D eigenvalue weighted by molar-refractivity contribution is -0.274. The molecule has 0 amide bonds. The van der Waals surface area contributed by atoms with Crippen molar-refractivity contribution in [2.24, 2.45) is 5.41 Å². The maximum Gasteiger partial charge on any atom is 0.573 e. The van der Waals surface area contributed by atoms with Gasteiger partial charge in [0.1, 0.15) is 5.82 Å². The smallest absolute Gasteiger partial charge is 0.402 e. The standard InChI is InChI=1S/C27H26ClF6N7O/c28-18-3-4-20-16(6-18)9-39(19-10-38(11-19)15-26(29,30)31)12-22-36-37-23(41(20)22)17-7-25(8-17)13-40(14-25)24-21(2-1-5-35-24)42-27(32,33)34/h1-6,17,19H,7-15H2. The number of benzene rings is 1. The van der Waals surface area contributed by atoms with Gasteiger partial charge in [-0.05, 0) is 48.7 Å². The van der Waals surface area contributed by atoms with Gasteiger partial charge in [-0.2, -0.15) is 13.2 Å². The van der Waals surface area contributed by atoms with Gasteiger partial charge in [0.15, 0.2) is 17.4 Å². The first kappa shape index (κ1) is 27.7. The van der Waals surface area contributed by atoms with Crippen molar-refractivity contribution in [1.29, 1.82) is 0 Å². The van der Waals surface area contributed by atoms with E-state index in [1.54, 1.807) is 11.0 Å². The molecule has 4 aliphatic rings. The zero-order valence-electron chi connectivity index (χ0n) is 22.2. The zero-order chi connectivity index (χ0) is 29.4. The number of nitrogens with zero attached hydrogens (tertiary/aromatic N) is 7. The second-order valence-electron chi connectivity index (χ2n) is 11.8. The van der Waals surface area contributed by atoms with Gasteiger partial charge in [0.05, 0.1) is 18.8 Å². The maximum atomic E-state index is 12.9. The van der Waals surface area contributed by atoms with E-state index in [0.717, 1.165) is 35.7 Å². The molecule has 8 nitrogen and oxygen atoms in total. The molecular weight excluding hydrogens is 588 g/mol. The molecule has 1 aromatic carbocycles. The molecule has 0 radical (unpaired) electrons. The van der Waals surface area contributed by atoms with Crippen LogP contribution >= 0.6 is 11.6 Å². The summed E-state index contributed by atoms with van der Waals surface area (Å²) in [5.74, 6) is 1.50. The molecule has 0 bridgehead atoms. The lowest BCUT2D eigenvalue weighted by atomic mass is 9.57. The van der Waals surface area contributed by atoms with Crippen molar-refractivity contribution in [3.8, 4) is 11.4 Å². The topological polar surface area (TPSA) is 62.5 Å². The largest absolute Gasteiger partial charge is 0.573 e. The minimum absolute atomic E-state index is 0.0448. The highest BCUT2D eigenvalue weighted by Gasteiger charge is 2.55. The summed E-state index contributed by atoms with van der Waals surface area (Å²) in [7, 11) is 0. The molecule has 0 N–H and O–H groups in total. The molecule has 3 aromatic rings. The average Bonchev–Trinajstić information content (AvgIpc) is 3.14. The SMILES string of the molecule is FC(F)(F)CN1CC(N2Cc3cc(Cl)ccc3-n3c(nnc3C3CC4(C3)CN(c3ncccc3OC(F)(F)F)C4)C2)C1. The van der Waals surface area contributed by atoms with E-state index in [1.165, 1.54) is 23.2 Å². The molecule has 2 aromatic heterocycles. The fourth-order valence-corrected chi connectivity index (χ4v) is 7.09. The first-order valence-corrected chi connectivity index (χ1v) is 13.9. The molecule has 0 unspecified atom stereocenters. The van der Waals surface area contributed by atoms with Gasteiger partial charge in [-0.1, -0.05) is 11.6 Å². The van der Waals surface area contributed by atoms with Gasteiger partial charge in [-0.25, -0.2) is 4.98 Å². The summed E-state index contributed by atoms with van der Waals surface area (Å²) < 4.78 is 83.4. The number of halogens is 7. The minimum atomic E-state index is -4.80. The molecule has 1 spiro atoms. The molecule has 1 saturated carbocycles. The number of rotatable bonds is 5. The van der Waals surface area contributed by atoms with Crippen molar-refractivity contribution >= 4 is 17.4 Å². The van der Waals surface area contributed by atoms with Gasteiger partial charge in [-0.3, -0.25) is 14.4 Å². The quantitative estimate of drug-likeness (QED) is 0.369. The van der Waals surface area contributed by atoms with Gasteiger partial charge in [0.25, 0.3) is 0 Å². The molecule has 224 valence electrons. The number of fused-ring (bicyclic) bond motifs is 3. The fraction of sp³-hybridized carbons (Fsp3) is 0.519. The van der Waals surface area contributed by atoms with E-state index in [-0.39, 0.29) is 28.9 Å². The molecule has 0 atom stereocenters. The summed E-state index contributed by atoms with van der Waals surface area (Å²) in [5, 5.41) is 9.64. The third-order valence-electron chi connectivity index (χ3n) is 8.67. The third kappa shape index (κ3) is 5.17. The van der Waals surface area contributed by atoms with Crippen LogP contribution in [-0.2, 0) is 13.1 Å². The predicted molar refractivity (Wildman–Crippen MR) is 139 cm³/mol. The van der Waals surface area contributed by atoms with E-state index in [1.807, 2.05) is 12.1 Å². The van der Waals surface area contributed by atoms with E-state index in [4.69, 9.17) is 11.6 Å². The Morgan fingerprint density at radius 3 is 2.48 bits per heavy atom. The lowest BCUT2D eigenvalue weighted by Crippen LogP contribution is -2.62. The number of ether oxygens (including phenoxy) is 1. The van der Waals surface area contributed by atoms with E-state index < -0.39 is 19.1 Å². The molecule has 3 fully saturated rings.